The van der Waals surface area contributed by atoms with E-state index in [9.17, 15) is 14.4 Å². The fraction of sp³-hybridized carbons (Fsp3) is 0.467. The van der Waals surface area contributed by atoms with Crippen LogP contribution in [0.25, 0.3) is 0 Å². The lowest BCUT2D eigenvalue weighted by Crippen LogP contribution is -2.31. The molecule has 0 radical (unpaired) electrons. The first kappa shape index (κ1) is 18.4. The lowest BCUT2D eigenvalue weighted by atomic mass is 10.2. The molecule has 1 aromatic heterocycles. The number of hydrogen-bond donors (Lipinski definition) is 1. The van der Waals surface area contributed by atoms with Crippen LogP contribution in [0.4, 0.5) is 0 Å². The predicted octanol–water partition coefficient (Wildman–Crippen LogP) is 0.950. The van der Waals surface area contributed by atoms with E-state index in [-0.39, 0.29) is 30.2 Å². The number of ether oxygens (including phenoxy) is 3. The molecule has 0 fully saturated rings. The Labute approximate surface area is 134 Å². The van der Waals surface area contributed by atoms with Gasteiger partial charge in [0.25, 0.3) is 5.91 Å². The maximum absolute atomic E-state index is 12.0. The van der Waals surface area contributed by atoms with Crippen LogP contribution in [0.3, 0.4) is 0 Å². The number of pyridine rings is 1. The quantitative estimate of drug-likeness (QED) is 0.710. The molecule has 126 valence electrons. The van der Waals surface area contributed by atoms with Crippen molar-refractivity contribution >= 4 is 17.8 Å². The molecule has 0 unspecified atom stereocenters. The number of nitrogens with zero attached hydrogens (tertiary/aromatic N) is 1. The fourth-order valence-corrected chi connectivity index (χ4v) is 1.61. The van der Waals surface area contributed by atoms with Gasteiger partial charge in [0.1, 0.15) is 6.54 Å². The number of carbonyl (C=O) groups excluding carboxylic acids is 3. The monoisotopic (exact) mass is 324 g/mol. The number of methoxy groups -OCH3 is 1. The molecule has 0 spiro atoms. The number of rotatable bonds is 8. The summed E-state index contributed by atoms with van der Waals surface area (Å²) in [5.41, 5.74) is 0.140. The minimum Gasteiger partial charge on any atom is -0.494 e. The topological polar surface area (TPSA) is 104 Å². The number of carbonyl (C=O) groups is 3. The first-order valence-corrected chi connectivity index (χ1v) is 7.18. The summed E-state index contributed by atoms with van der Waals surface area (Å²) < 4.78 is 14.8. The van der Waals surface area contributed by atoms with E-state index in [0.717, 1.165) is 0 Å². The summed E-state index contributed by atoms with van der Waals surface area (Å²) in [6, 6.07) is 1.37. The predicted molar refractivity (Wildman–Crippen MR) is 80.3 cm³/mol. The van der Waals surface area contributed by atoms with Crippen LogP contribution in [0.15, 0.2) is 12.3 Å². The molecule has 0 saturated heterocycles. The van der Waals surface area contributed by atoms with Crippen LogP contribution >= 0.6 is 0 Å². The molecule has 23 heavy (non-hydrogen) atoms. The van der Waals surface area contributed by atoms with E-state index >= 15 is 0 Å². The summed E-state index contributed by atoms with van der Waals surface area (Å²) >= 11 is 0. The second-order valence-electron chi connectivity index (χ2n) is 4.40. The van der Waals surface area contributed by atoms with Crippen molar-refractivity contribution in [3.8, 4) is 5.75 Å². The number of aromatic nitrogens is 1. The first-order valence-electron chi connectivity index (χ1n) is 7.18. The van der Waals surface area contributed by atoms with Crippen molar-refractivity contribution in [1.82, 2.24) is 10.3 Å². The molecule has 1 heterocycles. The van der Waals surface area contributed by atoms with Gasteiger partial charge >= 0.3 is 11.9 Å². The molecule has 8 heteroatoms. The van der Waals surface area contributed by atoms with E-state index in [1.807, 2.05) is 6.92 Å². The summed E-state index contributed by atoms with van der Waals surface area (Å²) in [4.78, 5) is 38.9. The molecule has 0 aliphatic heterocycles. The van der Waals surface area contributed by atoms with E-state index in [2.05, 4.69) is 10.3 Å². The Morgan fingerprint density at radius 3 is 2.57 bits per heavy atom. The van der Waals surface area contributed by atoms with Gasteiger partial charge < -0.3 is 19.5 Å². The highest BCUT2D eigenvalue weighted by atomic mass is 16.5. The van der Waals surface area contributed by atoms with E-state index in [4.69, 9.17) is 14.2 Å². The van der Waals surface area contributed by atoms with Crippen LogP contribution in [0.2, 0.25) is 0 Å². The third-order valence-electron chi connectivity index (χ3n) is 2.66. The van der Waals surface area contributed by atoms with Crippen LogP contribution in [0.5, 0.6) is 5.75 Å². The molecular formula is C15H20N2O6. The summed E-state index contributed by atoms with van der Waals surface area (Å²) in [7, 11) is 1.35. The number of amides is 1. The zero-order valence-corrected chi connectivity index (χ0v) is 13.4. The van der Waals surface area contributed by atoms with Crippen LogP contribution < -0.4 is 10.1 Å². The summed E-state index contributed by atoms with van der Waals surface area (Å²) in [6.45, 7) is 3.79. The van der Waals surface area contributed by atoms with Crippen LogP contribution in [0.1, 0.15) is 41.1 Å². The molecule has 0 saturated carbocycles. The zero-order chi connectivity index (χ0) is 17.2. The molecule has 1 N–H and O–H groups in total. The Kier molecular flexibility index (Phi) is 7.52. The first-order chi connectivity index (χ1) is 11.0. The van der Waals surface area contributed by atoms with Gasteiger partial charge in [0.2, 0.25) is 0 Å². The van der Waals surface area contributed by atoms with E-state index < -0.39 is 17.8 Å². The lowest BCUT2D eigenvalue weighted by molar-refractivity contribution is -0.141. The Hall–Kier alpha value is -2.64. The maximum Gasteiger partial charge on any atom is 0.339 e. The Balaban J connectivity index is 2.81. The van der Waals surface area contributed by atoms with Crippen molar-refractivity contribution in [3.05, 3.63) is 23.5 Å². The minimum atomic E-state index is -0.608. The Morgan fingerprint density at radius 2 is 1.96 bits per heavy atom. The average molecular weight is 324 g/mol. The summed E-state index contributed by atoms with van der Waals surface area (Å²) in [5, 5.41) is 2.37. The second kappa shape index (κ2) is 9.39. The molecule has 0 atom stereocenters. The van der Waals surface area contributed by atoms with Gasteiger partial charge in [-0.1, -0.05) is 6.92 Å². The van der Waals surface area contributed by atoms with Crippen LogP contribution in [-0.2, 0) is 14.3 Å². The third kappa shape index (κ3) is 5.57. The van der Waals surface area contributed by atoms with Crippen molar-refractivity contribution in [1.29, 1.82) is 0 Å². The van der Waals surface area contributed by atoms with Crippen molar-refractivity contribution in [2.24, 2.45) is 0 Å². The second-order valence-corrected chi connectivity index (χ2v) is 4.40. The minimum absolute atomic E-state index is 0.0381. The van der Waals surface area contributed by atoms with Gasteiger partial charge in [-0.15, -0.1) is 0 Å². The van der Waals surface area contributed by atoms with Gasteiger partial charge in [-0.05, 0) is 19.4 Å². The van der Waals surface area contributed by atoms with Gasteiger partial charge in [0.15, 0.2) is 11.4 Å². The van der Waals surface area contributed by atoms with Crippen molar-refractivity contribution in [3.63, 3.8) is 0 Å². The molecular weight excluding hydrogens is 304 g/mol. The molecule has 1 amide bonds. The highest BCUT2D eigenvalue weighted by Crippen LogP contribution is 2.18. The standard InChI is InChI=1S/C15H20N2O6/c1-4-6-23-15(20)10-7-11(21-3)13(16-8-10)14(19)17-9-12(18)22-5-2/h7-8H,4-6,9H2,1-3H3,(H,17,19). The van der Waals surface area contributed by atoms with Gasteiger partial charge in [-0.2, -0.15) is 0 Å². The summed E-state index contributed by atoms with van der Waals surface area (Å²) in [6.07, 6.45) is 1.92. The Bertz CT molecular complexity index is 573. The zero-order valence-electron chi connectivity index (χ0n) is 13.4. The highest BCUT2D eigenvalue weighted by molar-refractivity contribution is 5.98. The molecule has 0 bridgehead atoms. The number of hydrogen-bond acceptors (Lipinski definition) is 7. The van der Waals surface area contributed by atoms with Crippen LogP contribution in [0, 0.1) is 0 Å². The average Bonchev–Trinajstić information content (AvgIpc) is 2.57. The smallest absolute Gasteiger partial charge is 0.339 e. The largest absolute Gasteiger partial charge is 0.494 e. The number of nitrogens with one attached hydrogen (secondary N) is 1. The fourth-order valence-electron chi connectivity index (χ4n) is 1.61. The van der Waals surface area contributed by atoms with E-state index in [1.54, 1.807) is 6.92 Å². The van der Waals surface area contributed by atoms with Crippen molar-refractivity contribution < 1.29 is 28.6 Å². The van der Waals surface area contributed by atoms with Gasteiger partial charge in [0, 0.05) is 6.20 Å². The van der Waals surface area contributed by atoms with Gasteiger partial charge in [0.05, 0.1) is 25.9 Å². The molecule has 0 aromatic carbocycles. The molecule has 0 aliphatic carbocycles. The van der Waals surface area contributed by atoms with Crippen molar-refractivity contribution in [2.45, 2.75) is 20.3 Å². The van der Waals surface area contributed by atoms with Gasteiger partial charge in [-0.3, -0.25) is 9.59 Å². The molecule has 1 aromatic rings. The Morgan fingerprint density at radius 1 is 1.22 bits per heavy atom. The molecule has 0 aliphatic rings. The van der Waals surface area contributed by atoms with E-state index in [0.29, 0.717) is 13.0 Å². The highest BCUT2D eigenvalue weighted by Gasteiger charge is 2.18. The summed E-state index contributed by atoms with van der Waals surface area (Å²) in [5.74, 6) is -1.60. The normalized spacial score (nSPS) is 9.87. The maximum atomic E-state index is 12.0. The van der Waals surface area contributed by atoms with Crippen molar-refractivity contribution in [2.75, 3.05) is 26.9 Å². The molecule has 1 rings (SSSR count). The van der Waals surface area contributed by atoms with Gasteiger partial charge in [-0.25, -0.2) is 9.78 Å². The van der Waals surface area contributed by atoms with E-state index in [1.165, 1.54) is 19.4 Å². The molecule has 8 nitrogen and oxygen atoms in total. The van der Waals surface area contributed by atoms with Crippen LogP contribution in [-0.4, -0.2) is 49.7 Å². The number of esters is 2. The third-order valence-corrected chi connectivity index (χ3v) is 2.66. The SMILES string of the molecule is CCCOC(=O)c1cnc(C(=O)NCC(=O)OCC)c(OC)c1. The lowest BCUT2D eigenvalue weighted by Gasteiger charge is -2.10.